The minimum absolute atomic E-state index is 0.754. The van der Waals surface area contributed by atoms with Gasteiger partial charge in [0, 0.05) is 0 Å². The van der Waals surface area contributed by atoms with Crippen molar-refractivity contribution >= 4 is 10.1 Å². The van der Waals surface area contributed by atoms with Crippen LogP contribution in [0, 0.1) is 0 Å². The molecule has 0 saturated heterocycles. The van der Waals surface area contributed by atoms with Crippen LogP contribution in [0.15, 0.2) is 0 Å². The molecule has 296 valence electrons. The van der Waals surface area contributed by atoms with Crippen LogP contribution in [0.1, 0.15) is 0 Å². The lowest BCUT2D eigenvalue weighted by atomic mass is 9.87. The molecule has 0 heterocycles. The van der Waals surface area contributed by atoms with Crippen LogP contribution < -0.4 is 0 Å². The van der Waals surface area contributed by atoms with Gasteiger partial charge in [-0.3, -0.25) is 0 Å². The van der Waals surface area contributed by atoms with Gasteiger partial charge in [0.25, 0.3) is 0 Å². The van der Waals surface area contributed by atoms with E-state index < -0.39 is 93.4 Å². The summed E-state index contributed by atoms with van der Waals surface area (Å²) in [6, 6.07) is 0. The summed E-state index contributed by atoms with van der Waals surface area (Å²) in [6.07, 6.45) is -41.1. The Bertz CT molecular complexity index is 1330. The number of rotatable bonds is 15. The first-order valence-electron chi connectivity index (χ1n) is 9.75. The Kier molecular flexibility index (Phi) is 10.9. The molecule has 0 atom stereocenters. The highest BCUT2D eigenvalue weighted by atomic mass is 32.2. The summed E-state index contributed by atoms with van der Waals surface area (Å²) in [5, 5.41) is -8.42. The fraction of sp³-hybridized carbons (Fsp3) is 1.00. The third-order valence-corrected chi connectivity index (χ3v) is 5.87. The third-order valence-electron chi connectivity index (χ3n) is 4.99. The highest BCUT2D eigenvalue weighted by molar-refractivity contribution is 7.86. The molecule has 0 aromatic carbocycles. The van der Waals surface area contributed by atoms with Gasteiger partial charge < -0.3 is 4.55 Å². The van der Waals surface area contributed by atoms with Gasteiger partial charge in [-0.15, -0.1) is 0 Å². The molecule has 0 saturated carbocycles. The zero-order chi connectivity index (χ0) is 40.9. The highest BCUT2D eigenvalue weighted by Crippen LogP contribution is 2.67. The molecule has 49 heavy (non-hydrogen) atoms. The lowest BCUT2D eigenvalue weighted by molar-refractivity contribution is -0.557. The van der Waals surface area contributed by atoms with Gasteiger partial charge in [0.15, 0.2) is 10.1 Å². The van der Waals surface area contributed by atoms with E-state index in [-0.39, 0.29) is 0 Å². The first kappa shape index (κ1) is 46.8. The molecule has 0 unspecified atom stereocenters. The summed E-state index contributed by atoms with van der Waals surface area (Å²) in [5.74, 6) is -77.1. The summed E-state index contributed by atoms with van der Waals surface area (Å²) < 4.78 is 414. The molecule has 0 aromatic heterocycles. The van der Waals surface area contributed by atoms with Crippen molar-refractivity contribution in [2.45, 2.75) is 83.2 Å². The molecule has 0 radical (unpaired) electrons. The van der Waals surface area contributed by atoms with Gasteiger partial charge in [-0.25, -0.2) is 17.9 Å². The lowest BCUT2D eigenvalue weighted by Gasteiger charge is -2.45. The first-order valence-corrected chi connectivity index (χ1v) is 11.2. The van der Waals surface area contributed by atoms with E-state index in [4.69, 9.17) is 0 Å². The summed E-state index contributed by atoms with van der Waals surface area (Å²) in [4.78, 5) is 0. The van der Waals surface area contributed by atoms with E-state index >= 15 is 0 Å². The van der Waals surface area contributed by atoms with Crippen LogP contribution in [0.4, 0.5) is 127 Å². The standard InChI is InChI=1S/C14HF29O5S/c15-1(16,2(17,18)4(21,22)6(25,26)8(29,30)14(42,43)49(44,45)46)3(19,20)5(23,24)7(27,28)10(34,35)47-12(38,39)13(40,41)48-11(36,37)9(31,32)33/h(H,44,45,46)/p-1. The molecule has 0 aromatic rings. The van der Waals surface area contributed by atoms with Gasteiger partial charge in [0.1, 0.15) is 0 Å². The van der Waals surface area contributed by atoms with Crippen molar-refractivity contribution in [3.63, 3.8) is 0 Å². The molecule has 0 bridgehead atoms. The van der Waals surface area contributed by atoms with Crippen molar-refractivity contribution in [3.05, 3.63) is 0 Å². The minimum atomic E-state index is -9.90. The summed E-state index contributed by atoms with van der Waals surface area (Å²) in [5.41, 5.74) is 0. The van der Waals surface area contributed by atoms with Crippen LogP contribution in [-0.4, -0.2) is 96.2 Å². The fourth-order valence-electron chi connectivity index (χ4n) is 2.27. The summed E-state index contributed by atoms with van der Waals surface area (Å²) >= 11 is 0. The monoisotopic (exact) mass is 831 g/mol. The Morgan fingerprint density at radius 2 is 0.510 bits per heavy atom. The van der Waals surface area contributed by atoms with E-state index in [9.17, 15) is 140 Å². The maximum absolute atomic E-state index is 13.7. The third kappa shape index (κ3) is 6.33. The molecule has 0 aliphatic heterocycles. The topological polar surface area (TPSA) is 75.7 Å². The number of halogens is 29. The number of ether oxygens (including phenoxy) is 2. The van der Waals surface area contributed by atoms with Crippen LogP contribution in [0.5, 0.6) is 0 Å². The Balaban J connectivity index is 7.27. The molecule has 0 spiro atoms. The summed E-state index contributed by atoms with van der Waals surface area (Å²) in [7, 11) is -8.58. The van der Waals surface area contributed by atoms with Gasteiger partial charge >= 0.3 is 83.2 Å². The summed E-state index contributed by atoms with van der Waals surface area (Å²) in [6.45, 7) is 0. The highest BCUT2D eigenvalue weighted by Gasteiger charge is 2.98. The van der Waals surface area contributed by atoms with Crippen molar-refractivity contribution in [1.29, 1.82) is 0 Å². The van der Waals surface area contributed by atoms with E-state index in [2.05, 4.69) is 0 Å². The van der Waals surface area contributed by atoms with Crippen molar-refractivity contribution < 1.29 is 150 Å². The molecule has 5 nitrogen and oxygen atoms in total. The van der Waals surface area contributed by atoms with Gasteiger partial charge in [-0.1, -0.05) is 0 Å². The van der Waals surface area contributed by atoms with E-state index in [1.807, 2.05) is 0 Å². The zero-order valence-corrected chi connectivity index (χ0v) is 21.2. The van der Waals surface area contributed by atoms with Gasteiger partial charge in [0.05, 0.1) is 0 Å². The Morgan fingerprint density at radius 1 is 0.306 bits per heavy atom. The number of hydrogen-bond acceptors (Lipinski definition) is 5. The fourth-order valence-corrected chi connectivity index (χ4v) is 2.71. The van der Waals surface area contributed by atoms with Gasteiger partial charge in [0.2, 0.25) is 0 Å². The lowest BCUT2D eigenvalue weighted by Crippen LogP contribution is -2.77. The second-order valence-corrected chi connectivity index (χ2v) is 9.76. The minimum Gasteiger partial charge on any atom is -0.743 e. The van der Waals surface area contributed by atoms with Crippen LogP contribution in [0.25, 0.3) is 0 Å². The maximum Gasteiger partial charge on any atom is 0.483 e. The normalized spacial score (nSPS) is 17.1. The molecule has 0 amide bonds. The largest absolute Gasteiger partial charge is 0.743 e. The number of alkyl halides is 29. The van der Waals surface area contributed by atoms with Crippen LogP contribution in [0.2, 0.25) is 0 Å². The average molecular weight is 831 g/mol. The van der Waals surface area contributed by atoms with Gasteiger partial charge in [-0.05, 0) is 0 Å². The smallest absolute Gasteiger partial charge is 0.483 e. The molecule has 0 aliphatic rings. The van der Waals surface area contributed by atoms with Crippen LogP contribution in [0.3, 0.4) is 0 Å². The molecule has 35 heteroatoms. The first-order chi connectivity index (χ1) is 20.4. The Labute approximate surface area is 244 Å². The predicted octanol–water partition coefficient (Wildman–Crippen LogP) is 8.17. The van der Waals surface area contributed by atoms with Crippen molar-refractivity contribution in [1.82, 2.24) is 0 Å². The predicted molar refractivity (Wildman–Crippen MR) is 82.2 cm³/mol. The molecule has 0 fully saturated rings. The van der Waals surface area contributed by atoms with E-state index in [1.165, 1.54) is 0 Å². The van der Waals surface area contributed by atoms with Crippen molar-refractivity contribution in [2.24, 2.45) is 0 Å². The van der Waals surface area contributed by atoms with Crippen molar-refractivity contribution in [2.75, 3.05) is 0 Å². The molecule has 0 aliphatic carbocycles. The second kappa shape index (κ2) is 11.4. The molecular weight excluding hydrogens is 831 g/mol. The van der Waals surface area contributed by atoms with E-state index in [0.717, 1.165) is 9.47 Å². The van der Waals surface area contributed by atoms with E-state index in [1.54, 1.807) is 0 Å². The zero-order valence-electron chi connectivity index (χ0n) is 20.4. The Hall–Kier alpha value is -2.20. The van der Waals surface area contributed by atoms with Crippen LogP contribution in [-0.2, 0) is 19.6 Å². The SMILES string of the molecule is O=S(=O)([O-])C(F)(F)C(F)(F)C(F)(F)C(F)(F)C(F)(F)C(F)(F)C(F)(F)C(F)(F)C(F)(F)C(F)(F)OC(F)(F)C(F)(F)OC(F)(F)C(F)(F)F. The van der Waals surface area contributed by atoms with Crippen LogP contribution >= 0.6 is 0 Å². The molecule has 0 N–H and O–H groups in total. The van der Waals surface area contributed by atoms with Crippen molar-refractivity contribution in [3.8, 4) is 0 Å². The Morgan fingerprint density at radius 3 is 0.735 bits per heavy atom. The van der Waals surface area contributed by atoms with E-state index in [0.29, 0.717) is 0 Å². The average Bonchev–Trinajstić information content (AvgIpc) is 2.79. The second-order valence-electron chi connectivity index (χ2n) is 8.34. The maximum atomic E-state index is 13.7. The molecular formula is C14F29O5S-. The molecule has 0 rings (SSSR count). The quantitative estimate of drug-likeness (QED) is 0.123. The number of hydrogen-bond donors (Lipinski definition) is 0. The van der Waals surface area contributed by atoms with Gasteiger partial charge in [-0.2, -0.15) is 127 Å².